The summed E-state index contributed by atoms with van der Waals surface area (Å²) in [4.78, 5) is 12.4. The van der Waals surface area contributed by atoms with Crippen LogP contribution in [-0.2, 0) is 4.79 Å². The molecule has 4 unspecified atom stereocenters. The van der Waals surface area contributed by atoms with Crippen molar-refractivity contribution in [3.05, 3.63) is 36.5 Å². The van der Waals surface area contributed by atoms with Crippen molar-refractivity contribution < 1.29 is 25.2 Å². The van der Waals surface area contributed by atoms with E-state index in [4.69, 9.17) is 0 Å². The Bertz CT molecular complexity index is 797. The van der Waals surface area contributed by atoms with Crippen LogP contribution in [0, 0.1) is 0 Å². The molecule has 0 rings (SSSR count). The number of carbonyl (C=O) groups is 1. The number of allylic oxidation sites excluding steroid dienone is 6. The maximum absolute atomic E-state index is 12.4. The first kappa shape index (κ1) is 48.5. The lowest BCUT2D eigenvalue weighted by atomic mass is 10.00. The van der Waals surface area contributed by atoms with E-state index in [9.17, 15) is 25.2 Å². The minimum atomic E-state index is -1.29. The van der Waals surface area contributed by atoms with Crippen LogP contribution in [0.1, 0.15) is 206 Å². The van der Waals surface area contributed by atoms with E-state index in [-0.39, 0.29) is 0 Å². The molecule has 0 aliphatic carbocycles. The molecule has 0 saturated heterocycles. The quantitative estimate of drug-likeness (QED) is 0.0324. The summed E-state index contributed by atoms with van der Waals surface area (Å²) >= 11 is 0. The molecule has 1 amide bonds. The summed E-state index contributed by atoms with van der Waals surface area (Å²) in [5.74, 6) is -0.603. The van der Waals surface area contributed by atoms with E-state index >= 15 is 0 Å². The van der Waals surface area contributed by atoms with Gasteiger partial charge in [-0.15, -0.1) is 0 Å². The zero-order valence-electron chi connectivity index (χ0n) is 32.9. The summed E-state index contributed by atoms with van der Waals surface area (Å²) in [5, 5.41) is 43.4. The average Bonchev–Trinajstić information content (AvgIpc) is 3.12. The third-order valence-electron chi connectivity index (χ3n) is 9.81. The Hall–Kier alpha value is -1.47. The summed E-state index contributed by atoms with van der Waals surface area (Å²) in [6.07, 6.45) is 44.8. The van der Waals surface area contributed by atoms with Crippen LogP contribution < -0.4 is 5.32 Å². The SMILES string of the molecule is CCCCCCCCCCCCCC/C=C/CC/C=C/CC/C=C/CCCC(O)C(O)C(CO)NC(=O)C(O)CCCCCCCCCCC. The van der Waals surface area contributed by atoms with E-state index in [1.54, 1.807) is 0 Å². The van der Waals surface area contributed by atoms with Crippen molar-refractivity contribution in [3.8, 4) is 0 Å². The number of aliphatic hydroxyl groups is 4. The van der Waals surface area contributed by atoms with Gasteiger partial charge in [0, 0.05) is 0 Å². The van der Waals surface area contributed by atoms with Gasteiger partial charge in [0.15, 0.2) is 0 Å². The maximum atomic E-state index is 12.4. The molecule has 0 saturated carbocycles. The summed E-state index contributed by atoms with van der Waals surface area (Å²) in [6.45, 7) is 4.00. The minimum Gasteiger partial charge on any atom is -0.394 e. The molecule has 0 aliphatic heterocycles. The van der Waals surface area contributed by atoms with Gasteiger partial charge in [-0.25, -0.2) is 0 Å². The lowest BCUT2D eigenvalue weighted by molar-refractivity contribution is -0.132. The van der Waals surface area contributed by atoms with Crippen molar-refractivity contribution in [3.63, 3.8) is 0 Å². The fraction of sp³-hybridized carbons (Fsp3) is 0.841. The second-order valence-electron chi connectivity index (χ2n) is 14.7. The average molecular weight is 706 g/mol. The Morgan fingerprint density at radius 3 is 1.26 bits per heavy atom. The van der Waals surface area contributed by atoms with Crippen LogP contribution in [0.25, 0.3) is 0 Å². The third-order valence-corrected chi connectivity index (χ3v) is 9.81. The molecular weight excluding hydrogens is 622 g/mol. The minimum absolute atomic E-state index is 0.359. The van der Waals surface area contributed by atoms with Crippen molar-refractivity contribution in [2.45, 2.75) is 231 Å². The Kier molecular flexibility index (Phi) is 37.6. The normalized spacial score (nSPS) is 14.6. The van der Waals surface area contributed by atoms with E-state index in [0.29, 0.717) is 19.3 Å². The van der Waals surface area contributed by atoms with Gasteiger partial charge in [0.25, 0.3) is 0 Å². The van der Waals surface area contributed by atoms with Crippen molar-refractivity contribution in [2.75, 3.05) is 6.61 Å². The summed E-state index contributed by atoms with van der Waals surface area (Å²) in [5.41, 5.74) is 0. The van der Waals surface area contributed by atoms with Crippen molar-refractivity contribution in [2.24, 2.45) is 0 Å². The zero-order chi connectivity index (χ0) is 36.8. The van der Waals surface area contributed by atoms with Crippen LogP contribution >= 0.6 is 0 Å². The molecule has 0 aromatic rings. The van der Waals surface area contributed by atoms with Gasteiger partial charge in [-0.1, -0.05) is 179 Å². The highest BCUT2D eigenvalue weighted by atomic mass is 16.3. The largest absolute Gasteiger partial charge is 0.394 e. The second-order valence-corrected chi connectivity index (χ2v) is 14.7. The first-order valence-electron chi connectivity index (χ1n) is 21.4. The first-order valence-corrected chi connectivity index (χ1v) is 21.4. The van der Waals surface area contributed by atoms with Crippen LogP contribution in [0.3, 0.4) is 0 Å². The van der Waals surface area contributed by atoms with Gasteiger partial charge in [0.05, 0.1) is 18.8 Å². The van der Waals surface area contributed by atoms with E-state index < -0.39 is 36.9 Å². The van der Waals surface area contributed by atoms with Gasteiger partial charge in [-0.05, 0) is 64.2 Å². The van der Waals surface area contributed by atoms with Crippen LogP contribution in [0.15, 0.2) is 36.5 Å². The van der Waals surface area contributed by atoms with Crippen molar-refractivity contribution >= 4 is 5.91 Å². The number of hydrogen-bond acceptors (Lipinski definition) is 5. The van der Waals surface area contributed by atoms with Crippen LogP contribution in [0.2, 0.25) is 0 Å². The smallest absolute Gasteiger partial charge is 0.249 e. The Morgan fingerprint density at radius 1 is 0.480 bits per heavy atom. The van der Waals surface area contributed by atoms with Gasteiger partial charge < -0.3 is 25.7 Å². The topological polar surface area (TPSA) is 110 Å². The highest BCUT2D eigenvalue weighted by Gasteiger charge is 2.28. The molecule has 4 atom stereocenters. The van der Waals surface area contributed by atoms with E-state index in [1.165, 1.54) is 122 Å². The number of hydrogen-bond donors (Lipinski definition) is 5. The molecule has 50 heavy (non-hydrogen) atoms. The lowest BCUT2D eigenvalue weighted by Gasteiger charge is -2.27. The number of amides is 1. The van der Waals surface area contributed by atoms with E-state index in [0.717, 1.165) is 51.4 Å². The molecule has 0 fully saturated rings. The number of carbonyl (C=O) groups excluding carboxylic acids is 1. The van der Waals surface area contributed by atoms with Crippen LogP contribution in [0.4, 0.5) is 0 Å². The molecule has 0 bridgehead atoms. The van der Waals surface area contributed by atoms with Crippen LogP contribution in [0.5, 0.6) is 0 Å². The molecule has 6 nitrogen and oxygen atoms in total. The molecule has 0 heterocycles. The predicted molar refractivity (Wildman–Crippen MR) is 214 cm³/mol. The summed E-state index contributed by atoms with van der Waals surface area (Å²) < 4.78 is 0. The van der Waals surface area contributed by atoms with Gasteiger partial charge >= 0.3 is 0 Å². The van der Waals surface area contributed by atoms with Gasteiger partial charge in [-0.3, -0.25) is 4.79 Å². The monoisotopic (exact) mass is 706 g/mol. The fourth-order valence-electron chi connectivity index (χ4n) is 6.38. The van der Waals surface area contributed by atoms with E-state index in [1.807, 2.05) is 0 Å². The fourth-order valence-corrected chi connectivity index (χ4v) is 6.38. The molecule has 0 spiro atoms. The van der Waals surface area contributed by atoms with Crippen molar-refractivity contribution in [1.29, 1.82) is 0 Å². The number of aliphatic hydroxyl groups excluding tert-OH is 4. The molecule has 0 aromatic carbocycles. The van der Waals surface area contributed by atoms with Crippen LogP contribution in [-0.4, -0.2) is 57.3 Å². The lowest BCUT2D eigenvalue weighted by Crippen LogP contribution is -2.53. The Balaban J connectivity index is 3.78. The first-order chi connectivity index (χ1) is 24.5. The Morgan fingerprint density at radius 2 is 0.840 bits per heavy atom. The Labute approximate surface area is 309 Å². The molecule has 294 valence electrons. The van der Waals surface area contributed by atoms with E-state index in [2.05, 4.69) is 55.6 Å². The predicted octanol–water partition coefficient (Wildman–Crippen LogP) is 11.0. The number of unbranched alkanes of at least 4 members (excludes halogenated alkanes) is 23. The van der Waals surface area contributed by atoms with Gasteiger partial charge in [0.1, 0.15) is 12.2 Å². The molecule has 0 radical (unpaired) electrons. The molecular formula is C44H83NO5. The number of rotatable bonds is 38. The summed E-state index contributed by atoms with van der Waals surface area (Å²) in [6, 6.07) is -1.01. The second kappa shape index (κ2) is 38.8. The zero-order valence-corrected chi connectivity index (χ0v) is 32.9. The van der Waals surface area contributed by atoms with Gasteiger partial charge in [-0.2, -0.15) is 0 Å². The highest BCUT2D eigenvalue weighted by Crippen LogP contribution is 2.15. The van der Waals surface area contributed by atoms with Gasteiger partial charge in [0.2, 0.25) is 5.91 Å². The summed E-state index contributed by atoms with van der Waals surface area (Å²) in [7, 11) is 0. The molecule has 5 N–H and O–H groups in total. The number of nitrogens with one attached hydrogen (secondary N) is 1. The standard InChI is InChI=1S/C44H83NO5/c1-3-5-7-9-11-13-14-15-16-17-18-19-20-21-22-23-24-25-26-27-28-30-31-33-35-37-41(47)43(49)40(39-46)45-44(50)42(48)38-36-34-32-29-12-10-8-6-4-2/h21-22,25-26,30-31,40-43,46-49H,3-20,23-24,27-29,32-39H2,1-2H3,(H,45,50)/b22-21+,26-25+,31-30+. The maximum Gasteiger partial charge on any atom is 0.249 e. The molecule has 6 heteroatoms. The highest BCUT2D eigenvalue weighted by molar-refractivity contribution is 5.80. The third kappa shape index (κ3) is 32.4. The van der Waals surface area contributed by atoms with Crippen molar-refractivity contribution in [1.82, 2.24) is 5.32 Å². The molecule has 0 aromatic heterocycles. The molecule has 0 aliphatic rings.